The van der Waals surface area contributed by atoms with E-state index in [2.05, 4.69) is 5.10 Å². The second-order valence-electron chi connectivity index (χ2n) is 5.10. The molecule has 26 heavy (non-hydrogen) atoms. The number of benzene rings is 1. The fourth-order valence-electron chi connectivity index (χ4n) is 2.05. The van der Waals surface area contributed by atoms with Gasteiger partial charge in [-0.15, -0.1) is 0 Å². The number of aryl methyl sites for hydroxylation is 1. The van der Waals surface area contributed by atoms with Crippen molar-refractivity contribution in [1.29, 1.82) is 0 Å². The van der Waals surface area contributed by atoms with Crippen molar-refractivity contribution >= 4 is 34.2 Å². The number of anilines is 1. The largest absolute Gasteiger partial charge is 0.422 e. The van der Waals surface area contributed by atoms with E-state index in [1.54, 1.807) is 12.2 Å². The fourth-order valence-corrected chi connectivity index (χ4v) is 2.45. The first-order valence-electron chi connectivity index (χ1n) is 6.86. The zero-order valence-corrected chi connectivity index (χ0v) is 15.0. The number of hydrogen-bond donors (Lipinski definition) is 1. The summed E-state index contributed by atoms with van der Waals surface area (Å²) in [6, 6.07) is 0. The highest BCUT2D eigenvalue weighted by Gasteiger charge is 2.42. The van der Waals surface area contributed by atoms with Gasteiger partial charge in [-0.1, -0.05) is 0 Å². The van der Waals surface area contributed by atoms with Gasteiger partial charge in [0, 0.05) is 12.1 Å². The first kappa shape index (κ1) is 20.5. The van der Waals surface area contributed by atoms with Crippen LogP contribution in [-0.2, 0) is 17.5 Å². The molecule has 2 aromatic rings. The Kier molecular flexibility index (Phi) is 5.82. The van der Waals surface area contributed by atoms with Crippen molar-refractivity contribution in [2.75, 3.05) is 5.32 Å². The molecule has 0 radical (unpaired) electrons. The van der Waals surface area contributed by atoms with Crippen molar-refractivity contribution in [3.63, 3.8) is 0 Å². The molecular weight excluding hydrogens is 486 g/mol. The lowest BCUT2D eigenvalue weighted by Crippen LogP contribution is -2.21. The highest BCUT2D eigenvalue weighted by atomic mass is 127. The molecule has 1 amide bonds. The molecule has 1 aromatic heterocycles. The average Bonchev–Trinajstić information content (AvgIpc) is 2.85. The maximum atomic E-state index is 13.7. The Bertz CT molecular complexity index is 834. The molecule has 0 aliphatic rings. The molecule has 0 saturated carbocycles. The van der Waals surface area contributed by atoms with Gasteiger partial charge in [0.05, 0.1) is 16.3 Å². The number of nitrogens with zero attached hydrogens (tertiary/aromatic N) is 2. The van der Waals surface area contributed by atoms with E-state index in [0.717, 1.165) is 3.57 Å². The number of nitrogens with one attached hydrogen (secondary N) is 1. The van der Waals surface area contributed by atoms with Crippen LogP contribution >= 0.6 is 22.6 Å². The fraction of sp³-hybridized carbons (Fsp3) is 0.286. The van der Waals surface area contributed by atoms with Crippen LogP contribution in [0.5, 0.6) is 0 Å². The molecule has 1 heterocycles. The van der Waals surface area contributed by atoms with Gasteiger partial charge in [0.25, 0.3) is 0 Å². The highest BCUT2D eigenvalue weighted by Crippen LogP contribution is 2.38. The summed E-state index contributed by atoms with van der Waals surface area (Å²) >= 11 is 1.99. The molecule has 0 unspecified atom stereocenters. The number of aromatic nitrogens is 2. The number of carbonyl (C=O) groups excluding carboxylic acids is 1. The highest BCUT2D eigenvalue weighted by molar-refractivity contribution is 14.1. The molecule has 1 N–H and O–H groups in total. The van der Waals surface area contributed by atoms with Crippen molar-refractivity contribution in [3.8, 4) is 0 Å². The van der Waals surface area contributed by atoms with E-state index in [1.807, 2.05) is 22.6 Å². The van der Waals surface area contributed by atoms with Crippen molar-refractivity contribution < 1.29 is 35.5 Å². The Morgan fingerprint density at radius 3 is 2.12 bits per heavy atom. The lowest BCUT2D eigenvalue weighted by molar-refractivity contribution is -0.143. The third-order valence-electron chi connectivity index (χ3n) is 3.41. The summed E-state index contributed by atoms with van der Waals surface area (Å²) in [5.41, 5.74) is -3.61. The Labute approximate surface area is 155 Å². The molecule has 12 heteroatoms. The summed E-state index contributed by atoms with van der Waals surface area (Å²) in [4.78, 5) is 11.8. The minimum Gasteiger partial charge on any atom is -0.321 e. The summed E-state index contributed by atoms with van der Waals surface area (Å²) in [5.74, 6) is -11.0. The molecule has 142 valence electrons. The third kappa shape index (κ3) is 3.94. The number of rotatable bonds is 4. The number of alkyl halides is 3. The molecule has 0 aliphatic heterocycles. The van der Waals surface area contributed by atoms with Crippen molar-refractivity contribution in [1.82, 2.24) is 9.78 Å². The molecule has 0 saturated heterocycles. The van der Waals surface area contributed by atoms with Gasteiger partial charge in [0.1, 0.15) is 11.3 Å². The van der Waals surface area contributed by atoms with Crippen molar-refractivity contribution in [2.24, 2.45) is 0 Å². The third-order valence-corrected chi connectivity index (χ3v) is 4.46. The zero-order chi connectivity index (χ0) is 19.8. The van der Waals surface area contributed by atoms with E-state index in [4.69, 9.17) is 0 Å². The first-order valence-corrected chi connectivity index (χ1v) is 7.93. The molecular formula is C14H9F7IN3O. The van der Waals surface area contributed by atoms with Gasteiger partial charge in [-0.25, -0.2) is 17.6 Å². The van der Waals surface area contributed by atoms with Crippen LogP contribution in [0.25, 0.3) is 0 Å². The number of halogens is 8. The SMILES string of the molecule is Cc1c(I)cnn1CCC(=O)Nc1c(F)c(F)c(C(F)(F)F)c(F)c1F. The lowest BCUT2D eigenvalue weighted by Gasteiger charge is -2.14. The van der Waals surface area contributed by atoms with E-state index in [9.17, 15) is 35.5 Å². The molecule has 0 aliphatic carbocycles. The predicted molar refractivity (Wildman–Crippen MR) is 84.2 cm³/mol. The summed E-state index contributed by atoms with van der Waals surface area (Å²) in [6.07, 6.45) is -4.53. The van der Waals surface area contributed by atoms with Crippen molar-refractivity contribution in [3.05, 3.63) is 44.3 Å². The predicted octanol–water partition coefficient (Wildman–Crippen LogP) is 4.40. The average molecular weight is 495 g/mol. The van der Waals surface area contributed by atoms with Gasteiger partial charge in [0.15, 0.2) is 23.3 Å². The van der Waals surface area contributed by atoms with E-state index < -0.39 is 46.6 Å². The first-order chi connectivity index (χ1) is 11.9. The summed E-state index contributed by atoms with van der Waals surface area (Å²) in [7, 11) is 0. The molecule has 0 atom stereocenters. The van der Waals surface area contributed by atoms with Crippen LogP contribution in [0.4, 0.5) is 36.4 Å². The van der Waals surface area contributed by atoms with Crippen LogP contribution in [0.3, 0.4) is 0 Å². The van der Waals surface area contributed by atoms with Crippen LogP contribution in [-0.4, -0.2) is 15.7 Å². The molecule has 2 rings (SSSR count). The molecule has 1 aromatic carbocycles. The van der Waals surface area contributed by atoms with Gasteiger partial charge in [0.2, 0.25) is 5.91 Å². The standard InChI is InChI=1S/C14H9F7IN3O/c1-5-6(22)4-23-25(5)3-2-7(26)24-13-11(17)9(15)8(14(19,20)21)10(16)12(13)18/h4H,2-3H2,1H3,(H,24,26). The second-order valence-corrected chi connectivity index (χ2v) is 6.27. The number of hydrogen-bond acceptors (Lipinski definition) is 2. The Morgan fingerprint density at radius 2 is 1.69 bits per heavy atom. The summed E-state index contributed by atoms with van der Waals surface area (Å²) in [6.45, 7) is 1.68. The van der Waals surface area contributed by atoms with Gasteiger partial charge >= 0.3 is 6.18 Å². The number of amides is 1. The number of carbonyl (C=O) groups is 1. The minimum atomic E-state index is -5.65. The van der Waals surface area contributed by atoms with Crippen LogP contribution in [0, 0.1) is 33.8 Å². The monoisotopic (exact) mass is 495 g/mol. The molecule has 0 bridgehead atoms. The van der Waals surface area contributed by atoms with Gasteiger partial charge in [-0.05, 0) is 29.5 Å². The Hall–Kier alpha value is -1.86. The lowest BCUT2D eigenvalue weighted by atomic mass is 10.1. The zero-order valence-electron chi connectivity index (χ0n) is 12.8. The van der Waals surface area contributed by atoms with Crippen molar-refractivity contribution in [2.45, 2.75) is 26.1 Å². The van der Waals surface area contributed by atoms with Crippen LogP contribution < -0.4 is 5.32 Å². The summed E-state index contributed by atoms with van der Waals surface area (Å²) < 4.78 is 94.1. The van der Waals surface area contributed by atoms with Gasteiger partial charge in [-0.2, -0.15) is 18.3 Å². The normalized spacial score (nSPS) is 11.7. The van der Waals surface area contributed by atoms with E-state index in [0.29, 0.717) is 5.69 Å². The van der Waals surface area contributed by atoms with E-state index >= 15 is 0 Å². The molecule has 0 spiro atoms. The second kappa shape index (κ2) is 7.40. The molecule has 0 fully saturated rings. The Morgan fingerprint density at radius 1 is 1.15 bits per heavy atom. The molecule has 4 nitrogen and oxygen atoms in total. The minimum absolute atomic E-state index is 0.0183. The van der Waals surface area contributed by atoms with Crippen LogP contribution in [0.2, 0.25) is 0 Å². The topological polar surface area (TPSA) is 46.9 Å². The Balaban J connectivity index is 2.24. The maximum Gasteiger partial charge on any atom is 0.422 e. The van der Waals surface area contributed by atoms with Crippen LogP contribution in [0.1, 0.15) is 17.7 Å². The van der Waals surface area contributed by atoms with E-state index in [1.165, 1.54) is 10.9 Å². The smallest absolute Gasteiger partial charge is 0.321 e. The van der Waals surface area contributed by atoms with Gasteiger partial charge in [-0.3, -0.25) is 9.48 Å². The quantitative estimate of drug-likeness (QED) is 0.389. The maximum absolute atomic E-state index is 13.7. The van der Waals surface area contributed by atoms with Gasteiger partial charge < -0.3 is 5.32 Å². The summed E-state index contributed by atoms with van der Waals surface area (Å²) in [5, 5.41) is 5.49. The van der Waals surface area contributed by atoms with Crippen LogP contribution in [0.15, 0.2) is 6.20 Å². The van der Waals surface area contributed by atoms with E-state index in [-0.39, 0.29) is 13.0 Å².